The molecule has 0 aliphatic rings. The molecule has 138 valence electrons. The van der Waals surface area contributed by atoms with Gasteiger partial charge in [0.2, 0.25) is 0 Å². The Bertz CT molecular complexity index is 1020. The fourth-order valence-corrected chi connectivity index (χ4v) is 3.80. The fraction of sp³-hybridized carbons (Fsp3) is 0.143. The van der Waals surface area contributed by atoms with E-state index in [-0.39, 0.29) is 18.3 Å². The molecule has 0 saturated heterocycles. The molecule has 1 heterocycles. The summed E-state index contributed by atoms with van der Waals surface area (Å²) >= 11 is 7.94. The molecule has 2 aromatic carbocycles. The van der Waals surface area contributed by atoms with Crippen LogP contribution in [-0.2, 0) is 4.79 Å². The van der Waals surface area contributed by atoms with Crippen molar-refractivity contribution in [2.45, 2.75) is 0 Å². The number of halogens is 1. The minimum Gasteiger partial charge on any atom is -0.484 e. The van der Waals surface area contributed by atoms with E-state index in [1.54, 1.807) is 55.8 Å². The van der Waals surface area contributed by atoms with Crippen LogP contribution in [0.3, 0.4) is 0 Å². The highest BCUT2D eigenvalue weighted by molar-refractivity contribution is 7.20. The van der Waals surface area contributed by atoms with E-state index in [1.807, 2.05) is 24.3 Å². The molecular weight excluding hydrogens is 382 g/mol. The monoisotopic (exact) mass is 399 g/mol. The molecule has 1 amide bonds. The van der Waals surface area contributed by atoms with Crippen LogP contribution in [0.4, 0.5) is 0 Å². The third-order valence-electron chi connectivity index (χ3n) is 3.93. The van der Waals surface area contributed by atoms with E-state index in [0.717, 1.165) is 15.0 Å². The number of ether oxygens (including phenoxy) is 1. The standard InChI is InChI=1S/C21H18ClNO3S/c1-23(2)20(25)13-26-15-7-5-6-14(12-15)17(24)10-11-19-21(22)16-8-3-4-9-18(16)27-19/h3-12H,13H2,1-2H3. The van der Waals surface area contributed by atoms with Gasteiger partial charge in [0.05, 0.1) is 5.02 Å². The van der Waals surface area contributed by atoms with Gasteiger partial charge in [-0.15, -0.1) is 11.3 Å². The normalized spacial score (nSPS) is 11.1. The van der Waals surface area contributed by atoms with E-state index >= 15 is 0 Å². The van der Waals surface area contributed by atoms with Gasteiger partial charge >= 0.3 is 0 Å². The number of carbonyl (C=O) groups is 2. The van der Waals surface area contributed by atoms with Crippen molar-refractivity contribution in [3.63, 3.8) is 0 Å². The van der Waals surface area contributed by atoms with Gasteiger partial charge in [0.1, 0.15) is 5.75 Å². The lowest BCUT2D eigenvalue weighted by Crippen LogP contribution is -2.27. The molecule has 0 unspecified atom stereocenters. The van der Waals surface area contributed by atoms with Gasteiger partial charge in [0.15, 0.2) is 12.4 Å². The topological polar surface area (TPSA) is 46.6 Å². The van der Waals surface area contributed by atoms with E-state index in [0.29, 0.717) is 16.3 Å². The van der Waals surface area contributed by atoms with Crippen molar-refractivity contribution in [2.24, 2.45) is 0 Å². The molecule has 1 aromatic heterocycles. The van der Waals surface area contributed by atoms with Crippen LogP contribution in [0.15, 0.2) is 54.6 Å². The summed E-state index contributed by atoms with van der Waals surface area (Å²) in [7, 11) is 3.32. The number of benzene rings is 2. The third-order valence-corrected chi connectivity index (χ3v) is 5.58. The average molecular weight is 400 g/mol. The van der Waals surface area contributed by atoms with E-state index in [4.69, 9.17) is 16.3 Å². The molecule has 27 heavy (non-hydrogen) atoms. The van der Waals surface area contributed by atoms with Crippen LogP contribution in [0, 0.1) is 0 Å². The smallest absolute Gasteiger partial charge is 0.259 e. The van der Waals surface area contributed by atoms with Crippen molar-refractivity contribution in [3.05, 3.63) is 70.1 Å². The Kier molecular flexibility index (Phi) is 5.94. The van der Waals surface area contributed by atoms with Crippen LogP contribution in [0.5, 0.6) is 5.75 Å². The molecule has 3 rings (SSSR count). The Morgan fingerprint density at radius 1 is 1.15 bits per heavy atom. The molecule has 0 aliphatic carbocycles. The quantitative estimate of drug-likeness (QED) is 0.436. The Hall–Kier alpha value is -2.63. The number of amides is 1. The van der Waals surface area contributed by atoms with Crippen molar-refractivity contribution in [1.29, 1.82) is 0 Å². The number of likely N-dealkylation sites (N-methyl/N-ethyl adjacent to an activating group) is 1. The second-order valence-electron chi connectivity index (χ2n) is 6.08. The number of ketones is 1. The van der Waals surface area contributed by atoms with Gasteiger partial charge in [0.25, 0.3) is 5.91 Å². The molecule has 0 aliphatic heterocycles. The van der Waals surface area contributed by atoms with Crippen molar-refractivity contribution in [2.75, 3.05) is 20.7 Å². The maximum Gasteiger partial charge on any atom is 0.259 e. The first kappa shape index (κ1) is 19.1. The molecule has 0 atom stereocenters. The first-order valence-corrected chi connectivity index (χ1v) is 9.47. The van der Waals surface area contributed by atoms with E-state index in [9.17, 15) is 9.59 Å². The largest absolute Gasteiger partial charge is 0.484 e. The molecule has 0 N–H and O–H groups in total. The SMILES string of the molecule is CN(C)C(=O)COc1cccc(C(=O)C=Cc2sc3ccccc3c2Cl)c1. The maximum absolute atomic E-state index is 12.5. The minimum atomic E-state index is -0.159. The molecule has 0 fully saturated rings. The zero-order valence-electron chi connectivity index (χ0n) is 14.9. The maximum atomic E-state index is 12.5. The van der Waals surface area contributed by atoms with E-state index in [1.165, 1.54) is 11.0 Å². The van der Waals surface area contributed by atoms with Crippen LogP contribution in [0.1, 0.15) is 15.2 Å². The molecule has 0 bridgehead atoms. The predicted octanol–water partition coefficient (Wildman–Crippen LogP) is 4.92. The second kappa shape index (κ2) is 8.37. The zero-order valence-corrected chi connectivity index (χ0v) is 16.5. The highest BCUT2D eigenvalue weighted by Crippen LogP contribution is 2.36. The van der Waals surface area contributed by atoms with Crippen molar-refractivity contribution in [3.8, 4) is 5.75 Å². The summed E-state index contributed by atoms with van der Waals surface area (Å²) in [5.41, 5.74) is 0.485. The van der Waals surface area contributed by atoms with Gasteiger partial charge in [-0.3, -0.25) is 9.59 Å². The number of fused-ring (bicyclic) bond motifs is 1. The summed E-state index contributed by atoms with van der Waals surface area (Å²) in [5, 5.41) is 1.64. The molecular formula is C21H18ClNO3S. The number of rotatable bonds is 6. The van der Waals surface area contributed by atoms with Crippen molar-refractivity contribution < 1.29 is 14.3 Å². The fourth-order valence-electron chi connectivity index (χ4n) is 2.40. The molecule has 4 nitrogen and oxygen atoms in total. The van der Waals surface area contributed by atoms with E-state index < -0.39 is 0 Å². The summed E-state index contributed by atoms with van der Waals surface area (Å²) < 4.78 is 6.53. The number of hydrogen-bond acceptors (Lipinski definition) is 4. The van der Waals surface area contributed by atoms with Gasteiger partial charge in [-0.1, -0.05) is 41.9 Å². The molecule has 3 aromatic rings. The number of hydrogen-bond donors (Lipinski definition) is 0. The van der Waals surface area contributed by atoms with Gasteiger partial charge in [-0.05, 0) is 30.4 Å². The summed E-state index contributed by atoms with van der Waals surface area (Å²) in [6.45, 7) is -0.0716. The van der Waals surface area contributed by atoms with Gasteiger partial charge in [-0.25, -0.2) is 0 Å². The number of thiophene rings is 1. The Morgan fingerprint density at radius 2 is 1.93 bits per heavy atom. The van der Waals surface area contributed by atoms with Crippen LogP contribution in [0.25, 0.3) is 16.2 Å². The van der Waals surface area contributed by atoms with Gasteiger partial charge in [-0.2, -0.15) is 0 Å². The lowest BCUT2D eigenvalue weighted by molar-refractivity contribution is -0.130. The lowest BCUT2D eigenvalue weighted by Gasteiger charge is -2.11. The van der Waals surface area contributed by atoms with Crippen LogP contribution in [0.2, 0.25) is 5.02 Å². The highest BCUT2D eigenvalue weighted by atomic mass is 35.5. The molecule has 0 spiro atoms. The van der Waals surface area contributed by atoms with Crippen LogP contribution >= 0.6 is 22.9 Å². The van der Waals surface area contributed by atoms with Crippen molar-refractivity contribution >= 4 is 50.8 Å². The first-order valence-electron chi connectivity index (χ1n) is 8.28. The Labute approximate surface area is 166 Å². The zero-order chi connectivity index (χ0) is 19.4. The van der Waals surface area contributed by atoms with Gasteiger partial charge in [0, 0.05) is 34.6 Å². The Balaban J connectivity index is 1.73. The average Bonchev–Trinajstić information content (AvgIpc) is 3.00. The lowest BCUT2D eigenvalue weighted by atomic mass is 10.1. The summed E-state index contributed by atoms with van der Waals surface area (Å²) in [6, 6.07) is 14.6. The first-order chi connectivity index (χ1) is 13.0. The van der Waals surface area contributed by atoms with E-state index in [2.05, 4.69) is 0 Å². The molecule has 6 heteroatoms. The number of nitrogens with zero attached hydrogens (tertiary/aromatic N) is 1. The predicted molar refractivity (Wildman–Crippen MR) is 111 cm³/mol. The number of carbonyl (C=O) groups excluding carboxylic acids is 2. The third kappa shape index (κ3) is 4.56. The summed E-state index contributed by atoms with van der Waals surface area (Å²) in [4.78, 5) is 26.4. The highest BCUT2D eigenvalue weighted by Gasteiger charge is 2.10. The van der Waals surface area contributed by atoms with Gasteiger partial charge < -0.3 is 9.64 Å². The molecule has 0 saturated carbocycles. The minimum absolute atomic E-state index is 0.0716. The number of allylic oxidation sites excluding steroid dienone is 1. The Morgan fingerprint density at radius 3 is 2.67 bits per heavy atom. The summed E-state index contributed by atoms with van der Waals surface area (Å²) in [6.07, 6.45) is 3.24. The second-order valence-corrected chi connectivity index (χ2v) is 7.54. The summed E-state index contributed by atoms with van der Waals surface area (Å²) in [5.74, 6) is 0.170. The van der Waals surface area contributed by atoms with Crippen LogP contribution in [-0.4, -0.2) is 37.3 Å². The van der Waals surface area contributed by atoms with Crippen LogP contribution < -0.4 is 4.74 Å². The molecule has 0 radical (unpaired) electrons. The van der Waals surface area contributed by atoms with Crippen molar-refractivity contribution in [1.82, 2.24) is 4.90 Å².